The monoisotopic (exact) mass is 684 g/mol. The molecule has 0 aromatic heterocycles. The second-order valence-electron chi connectivity index (χ2n) is 11.7. The van der Waals surface area contributed by atoms with Crippen LogP contribution in [0.4, 0.5) is 22.7 Å². The van der Waals surface area contributed by atoms with Crippen LogP contribution in [0.5, 0.6) is 23.0 Å². The summed E-state index contributed by atoms with van der Waals surface area (Å²) in [6.07, 6.45) is 0. The lowest BCUT2D eigenvalue weighted by Crippen LogP contribution is -2.07. The molecule has 10 heteroatoms. The van der Waals surface area contributed by atoms with Crippen LogP contribution in [0.25, 0.3) is 11.1 Å². The number of ether oxygens (including phenoxy) is 4. The molecule has 5 aromatic rings. The van der Waals surface area contributed by atoms with Gasteiger partial charge in [-0.15, -0.1) is 0 Å². The normalized spacial score (nSPS) is 16.1. The standard InChI is InChI=1S/C42H32N6O4/c1-49-29-13-9-27(10-14-29)45-39-33-21-31(51-3)17-19-37(33)47-41(39)35(23-43)25-5-7-26(8-6-25)36(24-44)42-40(46-28-11-15-30(50-2)16-12-28)34-22-32(52-4)18-20-38(34)48-42/h5-22,47-48H,1-4H3/b41-35-,42-36-,45-39?,46-40?. The molecule has 2 aliphatic rings. The molecule has 2 N–H and O–H groups in total. The van der Waals surface area contributed by atoms with Gasteiger partial charge in [-0.25, -0.2) is 9.98 Å². The van der Waals surface area contributed by atoms with Crippen molar-refractivity contribution in [1.82, 2.24) is 0 Å². The average molecular weight is 685 g/mol. The Hall–Kier alpha value is -7.30. The zero-order chi connectivity index (χ0) is 36.2. The van der Waals surface area contributed by atoms with Gasteiger partial charge in [-0.1, -0.05) is 24.3 Å². The fourth-order valence-electron chi connectivity index (χ4n) is 6.07. The molecule has 0 bridgehead atoms. The first-order valence-corrected chi connectivity index (χ1v) is 16.2. The maximum Gasteiger partial charge on any atom is 0.119 e. The molecule has 2 aliphatic heterocycles. The van der Waals surface area contributed by atoms with E-state index in [-0.39, 0.29) is 0 Å². The van der Waals surface area contributed by atoms with Gasteiger partial charge in [0.15, 0.2) is 0 Å². The summed E-state index contributed by atoms with van der Waals surface area (Å²) in [6.45, 7) is 0. The summed E-state index contributed by atoms with van der Waals surface area (Å²) in [6, 6.07) is 38.2. The van der Waals surface area contributed by atoms with Crippen LogP contribution >= 0.6 is 0 Å². The molecule has 0 atom stereocenters. The molecule has 0 aliphatic carbocycles. The number of nitrogens with one attached hydrogen (secondary N) is 2. The van der Waals surface area contributed by atoms with E-state index in [0.717, 1.165) is 22.5 Å². The smallest absolute Gasteiger partial charge is 0.119 e. The maximum absolute atomic E-state index is 10.6. The van der Waals surface area contributed by atoms with Crippen LogP contribution in [0.15, 0.2) is 131 Å². The Bertz CT molecular complexity index is 2230. The molecule has 0 amide bonds. The molecular weight excluding hydrogens is 653 g/mol. The number of nitriles is 2. The van der Waals surface area contributed by atoms with Crippen molar-refractivity contribution in [2.75, 3.05) is 39.1 Å². The SMILES string of the molecule is COc1ccc(N=C2/C(=C(\C#N)c3ccc(/C(C#N)=C4\Nc5ccc(OC)cc5C4=Nc4ccc(OC)cc4)cc3)Nc3ccc(OC)cc32)cc1. The molecule has 0 radical (unpaired) electrons. The lowest BCUT2D eigenvalue weighted by molar-refractivity contribution is 0.414. The average Bonchev–Trinajstić information content (AvgIpc) is 3.73. The Morgan fingerprint density at radius 1 is 0.481 bits per heavy atom. The van der Waals surface area contributed by atoms with Gasteiger partial charge in [0.05, 0.1) is 73.8 Å². The topological polar surface area (TPSA) is 133 Å². The van der Waals surface area contributed by atoms with Crippen LogP contribution in [0.3, 0.4) is 0 Å². The third-order valence-corrected chi connectivity index (χ3v) is 8.77. The number of hydrogen-bond acceptors (Lipinski definition) is 10. The van der Waals surface area contributed by atoms with E-state index in [1.165, 1.54) is 0 Å². The number of hydrogen-bond donors (Lipinski definition) is 2. The minimum Gasteiger partial charge on any atom is -0.497 e. The van der Waals surface area contributed by atoms with Crippen LogP contribution in [0.1, 0.15) is 22.3 Å². The fraction of sp³-hybridized carbons (Fsp3) is 0.0952. The Balaban J connectivity index is 1.31. The predicted molar refractivity (Wildman–Crippen MR) is 203 cm³/mol. The van der Waals surface area contributed by atoms with Crippen molar-refractivity contribution in [3.63, 3.8) is 0 Å². The van der Waals surface area contributed by atoms with E-state index < -0.39 is 0 Å². The molecule has 0 spiro atoms. The van der Waals surface area contributed by atoms with Gasteiger partial charge in [0.2, 0.25) is 0 Å². The summed E-state index contributed by atoms with van der Waals surface area (Å²) in [5, 5.41) is 28.0. The highest BCUT2D eigenvalue weighted by Crippen LogP contribution is 2.39. The summed E-state index contributed by atoms with van der Waals surface area (Å²) >= 11 is 0. The molecule has 0 unspecified atom stereocenters. The first-order valence-electron chi connectivity index (χ1n) is 16.2. The van der Waals surface area contributed by atoms with E-state index in [0.29, 0.717) is 79.5 Å². The summed E-state index contributed by atoms with van der Waals surface area (Å²) in [5.74, 6) is 2.76. The van der Waals surface area contributed by atoms with E-state index in [9.17, 15) is 10.5 Å². The summed E-state index contributed by atoms with van der Waals surface area (Å²) in [4.78, 5) is 9.94. The van der Waals surface area contributed by atoms with Crippen molar-refractivity contribution in [3.8, 4) is 35.1 Å². The maximum atomic E-state index is 10.6. The van der Waals surface area contributed by atoms with Crippen molar-refractivity contribution in [2.45, 2.75) is 0 Å². The van der Waals surface area contributed by atoms with Crippen molar-refractivity contribution < 1.29 is 18.9 Å². The fourth-order valence-corrected chi connectivity index (χ4v) is 6.07. The van der Waals surface area contributed by atoms with E-state index in [1.54, 1.807) is 28.4 Å². The minimum atomic E-state index is 0.389. The number of anilines is 2. The van der Waals surface area contributed by atoms with Gasteiger partial charge in [0.25, 0.3) is 0 Å². The molecule has 10 nitrogen and oxygen atoms in total. The highest BCUT2D eigenvalue weighted by atomic mass is 16.5. The van der Waals surface area contributed by atoms with Crippen LogP contribution in [-0.2, 0) is 0 Å². The lowest BCUT2D eigenvalue weighted by atomic mass is 9.96. The Kier molecular flexibility index (Phi) is 9.12. The van der Waals surface area contributed by atoms with Gasteiger partial charge in [-0.3, -0.25) is 0 Å². The summed E-state index contributed by atoms with van der Waals surface area (Å²) < 4.78 is 21.7. The van der Waals surface area contributed by atoms with Crippen LogP contribution in [0.2, 0.25) is 0 Å². The Labute approximate surface area is 301 Å². The van der Waals surface area contributed by atoms with Gasteiger partial charge < -0.3 is 29.6 Å². The Morgan fingerprint density at radius 3 is 1.15 bits per heavy atom. The first kappa shape index (κ1) is 33.2. The first-order chi connectivity index (χ1) is 25.5. The molecule has 0 saturated carbocycles. The number of rotatable bonds is 8. The summed E-state index contributed by atoms with van der Waals surface area (Å²) in [7, 11) is 6.44. The van der Waals surface area contributed by atoms with Crippen molar-refractivity contribution in [3.05, 3.63) is 143 Å². The quantitative estimate of drug-likeness (QED) is 0.155. The predicted octanol–water partition coefficient (Wildman–Crippen LogP) is 8.68. The molecule has 5 aromatic carbocycles. The number of allylic oxidation sites excluding steroid dienone is 4. The lowest BCUT2D eigenvalue weighted by Gasteiger charge is -2.10. The summed E-state index contributed by atoms with van der Waals surface area (Å²) in [5.41, 5.74) is 8.99. The van der Waals surface area contributed by atoms with Gasteiger partial charge in [0, 0.05) is 22.5 Å². The number of nitrogens with zero attached hydrogens (tertiary/aromatic N) is 4. The second-order valence-corrected chi connectivity index (χ2v) is 11.7. The Morgan fingerprint density at radius 2 is 0.827 bits per heavy atom. The molecule has 0 fully saturated rings. The molecule has 7 rings (SSSR count). The van der Waals surface area contributed by atoms with Crippen LogP contribution < -0.4 is 29.6 Å². The minimum absolute atomic E-state index is 0.389. The van der Waals surface area contributed by atoms with Gasteiger partial charge in [-0.2, -0.15) is 10.5 Å². The molecule has 0 saturated heterocycles. The van der Waals surface area contributed by atoms with Crippen LogP contribution in [-0.4, -0.2) is 39.9 Å². The molecule has 2 heterocycles. The highest BCUT2D eigenvalue weighted by molar-refractivity contribution is 6.27. The number of benzene rings is 5. The molecular formula is C42H32N6O4. The van der Waals surface area contributed by atoms with Gasteiger partial charge >= 0.3 is 0 Å². The van der Waals surface area contributed by atoms with Crippen molar-refractivity contribution in [1.29, 1.82) is 10.5 Å². The third-order valence-electron chi connectivity index (χ3n) is 8.77. The zero-order valence-electron chi connectivity index (χ0n) is 28.8. The number of aliphatic imine (C=N–C) groups is 2. The zero-order valence-corrected chi connectivity index (χ0v) is 28.8. The van der Waals surface area contributed by atoms with E-state index in [1.807, 2.05) is 109 Å². The van der Waals surface area contributed by atoms with Gasteiger partial charge in [-0.05, 0) is 96.1 Å². The van der Waals surface area contributed by atoms with Gasteiger partial charge in [0.1, 0.15) is 35.1 Å². The number of methoxy groups -OCH3 is 4. The highest BCUT2D eigenvalue weighted by Gasteiger charge is 2.29. The number of fused-ring (bicyclic) bond motifs is 2. The van der Waals surface area contributed by atoms with Crippen LogP contribution in [0, 0.1) is 22.7 Å². The third kappa shape index (κ3) is 6.28. The van der Waals surface area contributed by atoms with E-state index in [4.69, 9.17) is 28.9 Å². The molecule has 52 heavy (non-hydrogen) atoms. The van der Waals surface area contributed by atoms with Crippen molar-refractivity contribution >= 4 is 45.3 Å². The molecule has 254 valence electrons. The van der Waals surface area contributed by atoms with E-state index >= 15 is 0 Å². The largest absolute Gasteiger partial charge is 0.497 e. The van der Waals surface area contributed by atoms with E-state index in [2.05, 4.69) is 22.8 Å². The second kappa shape index (κ2) is 14.3. The van der Waals surface area contributed by atoms with Crippen molar-refractivity contribution in [2.24, 2.45) is 9.98 Å².